The first kappa shape index (κ1) is 19.1. The van der Waals surface area contributed by atoms with E-state index in [4.69, 9.17) is 5.73 Å². The third-order valence-electron chi connectivity index (χ3n) is 4.55. The van der Waals surface area contributed by atoms with Gasteiger partial charge >= 0.3 is 0 Å². The van der Waals surface area contributed by atoms with Crippen LogP contribution in [0.4, 0.5) is 5.69 Å². The number of nitrogens with two attached hydrogens (primary N) is 1. The van der Waals surface area contributed by atoms with Crippen LogP contribution in [-0.2, 0) is 26.0 Å². The van der Waals surface area contributed by atoms with E-state index in [1.165, 1.54) is 13.0 Å². The lowest BCUT2D eigenvalue weighted by atomic mass is 10.0. The summed E-state index contributed by atoms with van der Waals surface area (Å²) in [5.74, 6) is -0.868. The number of carbonyl (C=O) groups excluding carboxylic acids is 2. The van der Waals surface area contributed by atoms with Crippen LogP contribution >= 0.6 is 0 Å². The van der Waals surface area contributed by atoms with Gasteiger partial charge in [0.05, 0.1) is 4.90 Å². The summed E-state index contributed by atoms with van der Waals surface area (Å²) >= 11 is 0. The molecule has 2 aromatic carbocycles. The normalized spacial score (nSPS) is 15.1. The van der Waals surface area contributed by atoms with Gasteiger partial charge in [-0.1, -0.05) is 30.3 Å². The van der Waals surface area contributed by atoms with Crippen molar-refractivity contribution in [3.63, 3.8) is 0 Å². The van der Waals surface area contributed by atoms with Crippen molar-refractivity contribution in [3.05, 3.63) is 59.7 Å². The molecule has 0 saturated heterocycles. The zero-order valence-corrected chi connectivity index (χ0v) is 15.7. The molecule has 27 heavy (non-hydrogen) atoms. The number of rotatable bonds is 5. The molecular formula is C19H21N3O4S. The minimum Gasteiger partial charge on any atom is -0.368 e. The van der Waals surface area contributed by atoms with Gasteiger partial charge < -0.3 is 10.6 Å². The molecule has 0 saturated carbocycles. The highest BCUT2D eigenvalue weighted by Gasteiger charge is 2.27. The van der Waals surface area contributed by atoms with E-state index in [9.17, 15) is 18.0 Å². The van der Waals surface area contributed by atoms with E-state index in [2.05, 4.69) is 4.72 Å². The van der Waals surface area contributed by atoms with Crippen LogP contribution in [0.5, 0.6) is 0 Å². The molecule has 8 heteroatoms. The number of anilines is 1. The van der Waals surface area contributed by atoms with Gasteiger partial charge in [-0.15, -0.1) is 0 Å². The van der Waals surface area contributed by atoms with Crippen molar-refractivity contribution in [2.75, 3.05) is 11.4 Å². The SMILES string of the molecule is CC(=O)N1CCCc2cc(S(=O)(=O)N[C@H](C(N)=O)c3ccccc3)ccc21. The quantitative estimate of drug-likeness (QED) is 0.810. The Morgan fingerprint density at radius 1 is 1.15 bits per heavy atom. The Labute approximate surface area is 158 Å². The highest BCUT2D eigenvalue weighted by molar-refractivity contribution is 7.89. The van der Waals surface area contributed by atoms with E-state index in [0.29, 0.717) is 18.5 Å². The lowest BCUT2D eigenvalue weighted by Gasteiger charge is -2.29. The van der Waals surface area contributed by atoms with Crippen molar-refractivity contribution in [1.82, 2.24) is 4.72 Å². The molecule has 2 amide bonds. The molecule has 142 valence electrons. The largest absolute Gasteiger partial charge is 0.368 e. The van der Waals surface area contributed by atoms with Crippen LogP contribution in [0.15, 0.2) is 53.4 Å². The summed E-state index contributed by atoms with van der Waals surface area (Å²) in [7, 11) is -3.98. The van der Waals surface area contributed by atoms with Crippen LogP contribution in [0.1, 0.15) is 30.5 Å². The standard InChI is InChI=1S/C19H21N3O4S/c1-13(23)22-11-5-8-15-12-16(9-10-17(15)22)27(25,26)21-18(19(20)24)14-6-3-2-4-7-14/h2-4,6-7,9-10,12,18,21H,5,8,11H2,1H3,(H2,20,24)/t18-/m0/s1. The number of nitrogens with zero attached hydrogens (tertiary/aromatic N) is 1. The first-order valence-electron chi connectivity index (χ1n) is 8.57. The second kappa shape index (κ2) is 7.50. The predicted molar refractivity (Wildman–Crippen MR) is 101 cm³/mol. The average molecular weight is 387 g/mol. The average Bonchev–Trinajstić information content (AvgIpc) is 2.65. The maximum atomic E-state index is 12.8. The zero-order valence-electron chi connectivity index (χ0n) is 14.9. The fourth-order valence-electron chi connectivity index (χ4n) is 3.23. The van der Waals surface area contributed by atoms with E-state index in [1.54, 1.807) is 47.4 Å². The molecule has 7 nitrogen and oxygen atoms in total. The topological polar surface area (TPSA) is 110 Å². The van der Waals surface area contributed by atoms with Gasteiger partial charge in [0.2, 0.25) is 21.8 Å². The number of fused-ring (bicyclic) bond motifs is 1. The number of sulfonamides is 1. The number of benzene rings is 2. The second-order valence-corrected chi connectivity index (χ2v) is 8.15. The van der Waals surface area contributed by atoms with Crippen LogP contribution in [0, 0.1) is 0 Å². The molecule has 0 fully saturated rings. The molecule has 0 aromatic heterocycles. The van der Waals surface area contributed by atoms with Crippen molar-refractivity contribution in [2.24, 2.45) is 5.73 Å². The van der Waals surface area contributed by atoms with Gasteiger partial charge in [0.15, 0.2) is 0 Å². The van der Waals surface area contributed by atoms with Crippen molar-refractivity contribution in [1.29, 1.82) is 0 Å². The van der Waals surface area contributed by atoms with Gasteiger partial charge in [0, 0.05) is 19.2 Å². The van der Waals surface area contributed by atoms with Crippen LogP contribution in [0.25, 0.3) is 0 Å². The van der Waals surface area contributed by atoms with Crippen molar-refractivity contribution < 1.29 is 18.0 Å². The molecule has 0 unspecified atom stereocenters. The number of primary amides is 1. The molecule has 2 aromatic rings. The molecule has 0 radical (unpaired) electrons. The Bertz CT molecular complexity index is 974. The first-order valence-corrected chi connectivity index (χ1v) is 10.1. The molecule has 1 aliphatic rings. The fourth-order valence-corrected chi connectivity index (χ4v) is 4.47. The smallest absolute Gasteiger partial charge is 0.241 e. The second-order valence-electron chi connectivity index (χ2n) is 6.43. The minimum atomic E-state index is -3.98. The Balaban J connectivity index is 1.93. The number of amides is 2. The zero-order chi connectivity index (χ0) is 19.6. The maximum absolute atomic E-state index is 12.8. The van der Waals surface area contributed by atoms with E-state index in [1.807, 2.05) is 0 Å². The molecule has 1 atom stereocenters. The summed E-state index contributed by atoms with van der Waals surface area (Å²) in [4.78, 5) is 25.2. The molecule has 1 heterocycles. The molecule has 3 N–H and O–H groups in total. The van der Waals surface area contributed by atoms with E-state index < -0.39 is 22.0 Å². The van der Waals surface area contributed by atoms with E-state index in [-0.39, 0.29) is 10.8 Å². The Hall–Kier alpha value is -2.71. The van der Waals surface area contributed by atoms with Crippen molar-refractivity contribution in [2.45, 2.75) is 30.7 Å². The van der Waals surface area contributed by atoms with Crippen LogP contribution in [0.2, 0.25) is 0 Å². The van der Waals surface area contributed by atoms with Crippen molar-refractivity contribution >= 4 is 27.5 Å². The van der Waals surface area contributed by atoms with Crippen LogP contribution in [-0.4, -0.2) is 26.8 Å². The lowest BCUT2D eigenvalue weighted by Crippen LogP contribution is -2.37. The number of carbonyl (C=O) groups is 2. The Morgan fingerprint density at radius 3 is 2.48 bits per heavy atom. The summed E-state index contributed by atoms with van der Waals surface area (Å²) in [6, 6.07) is 11.9. The summed E-state index contributed by atoms with van der Waals surface area (Å²) in [5.41, 5.74) is 7.38. The summed E-state index contributed by atoms with van der Waals surface area (Å²) in [6.45, 7) is 2.10. The molecule has 1 aliphatic heterocycles. The predicted octanol–water partition coefficient (Wildman–Crippen LogP) is 1.49. The molecule has 0 aliphatic carbocycles. The van der Waals surface area contributed by atoms with Gasteiger partial charge in [0.25, 0.3) is 0 Å². The van der Waals surface area contributed by atoms with Gasteiger partial charge in [0.1, 0.15) is 6.04 Å². The lowest BCUT2D eigenvalue weighted by molar-refractivity contribution is -0.119. The Kier molecular flexibility index (Phi) is 5.29. The molecule has 0 spiro atoms. The summed E-state index contributed by atoms with van der Waals surface area (Å²) in [5, 5.41) is 0. The number of hydrogen-bond donors (Lipinski definition) is 2. The third kappa shape index (κ3) is 4.01. The summed E-state index contributed by atoms with van der Waals surface area (Å²) in [6.07, 6.45) is 1.44. The maximum Gasteiger partial charge on any atom is 0.241 e. The first-order chi connectivity index (χ1) is 12.8. The minimum absolute atomic E-state index is 0.0360. The number of hydrogen-bond acceptors (Lipinski definition) is 4. The Morgan fingerprint density at radius 2 is 1.85 bits per heavy atom. The van der Waals surface area contributed by atoms with Crippen molar-refractivity contribution in [3.8, 4) is 0 Å². The highest BCUT2D eigenvalue weighted by Crippen LogP contribution is 2.30. The highest BCUT2D eigenvalue weighted by atomic mass is 32.2. The van der Waals surface area contributed by atoms with Gasteiger partial charge in [-0.25, -0.2) is 8.42 Å². The molecule has 0 bridgehead atoms. The van der Waals surface area contributed by atoms with Gasteiger partial charge in [-0.2, -0.15) is 4.72 Å². The number of nitrogens with one attached hydrogen (secondary N) is 1. The van der Waals surface area contributed by atoms with Crippen LogP contribution < -0.4 is 15.4 Å². The summed E-state index contributed by atoms with van der Waals surface area (Å²) < 4.78 is 28.0. The monoisotopic (exact) mass is 387 g/mol. The number of aryl methyl sites for hydroxylation is 1. The van der Waals surface area contributed by atoms with Crippen LogP contribution in [0.3, 0.4) is 0 Å². The van der Waals surface area contributed by atoms with E-state index >= 15 is 0 Å². The van der Waals surface area contributed by atoms with E-state index in [0.717, 1.165) is 17.7 Å². The molecular weight excluding hydrogens is 366 g/mol. The molecule has 3 rings (SSSR count). The fraction of sp³-hybridized carbons (Fsp3) is 0.263. The van der Waals surface area contributed by atoms with Gasteiger partial charge in [-0.3, -0.25) is 9.59 Å². The van der Waals surface area contributed by atoms with Gasteiger partial charge in [-0.05, 0) is 42.2 Å². The third-order valence-corrected chi connectivity index (χ3v) is 5.97.